The van der Waals surface area contributed by atoms with Crippen molar-refractivity contribution in [3.8, 4) is 0 Å². The predicted octanol–water partition coefficient (Wildman–Crippen LogP) is 2.11. The van der Waals surface area contributed by atoms with Crippen LogP contribution in [-0.2, 0) is 17.8 Å². The quantitative estimate of drug-likeness (QED) is 0.788. The highest BCUT2D eigenvalue weighted by Crippen LogP contribution is 2.11. The summed E-state index contributed by atoms with van der Waals surface area (Å²) in [5, 5.41) is 7.73. The van der Waals surface area contributed by atoms with Gasteiger partial charge in [-0.05, 0) is 36.2 Å². The second-order valence-corrected chi connectivity index (χ2v) is 4.75. The molecule has 0 radical (unpaired) electrons. The molecular weight excluding hydrogens is 257 g/mol. The van der Waals surface area contributed by atoms with Crippen LogP contribution in [-0.4, -0.2) is 30.0 Å². The molecular formula is C15H20FN3O. The Morgan fingerprint density at radius 1 is 1.35 bits per heavy atom. The number of nitrogens with zero attached hydrogens (tertiary/aromatic N) is 2. The van der Waals surface area contributed by atoms with Crippen LogP contribution in [0.5, 0.6) is 0 Å². The minimum atomic E-state index is -0.199. The molecule has 2 rings (SSSR count). The van der Waals surface area contributed by atoms with E-state index in [2.05, 4.69) is 10.4 Å². The van der Waals surface area contributed by atoms with Gasteiger partial charge in [0.05, 0.1) is 18.8 Å². The van der Waals surface area contributed by atoms with Crippen molar-refractivity contribution in [3.63, 3.8) is 0 Å². The molecule has 0 aliphatic carbocycles. The van der Waals surface area contributed by atoms with Crippen molar-refractivity contribution in [2.75, 3.05) is 20.3 Å². The van der Waals surface area contributed by atoms with Gasteiger partial charge in [0.2, 0.25) is 0 Å². The van der Waals surface area contributed by atoms with Gasteiger partial charge in [-0.2, -0.15) is 5.10 Å². The van der Waals surface area contributed by atoms with Gasteiger partial charge in [-0.1, -0.05) is 6.07 Å². The summed E-state index contributed by atoms with van der Waals surface area (Å²) in [6.07, 6.45) is 1.94. The molecule has 1 heterocycles. The second-order valence-electron chi connectivity index (χ2n) is 4.75. The first-order valence-electron chi connectivity index (χ1n) is 6.66. The molecule has 108 valence electrons. The molecule has 1 aromatic heterocycles. The Hall–Kier alpha value is -1.72. The molecule has 0 atom stereocenters. The summed E-state index contributed by atoms with van der Waals surface area (Å²) < 4.78 is 19.9. The molecule has 0 saturated heterocycles. The maximum absolute atomic E-state index is 13.1. The van der Waals surface area contributed by atoms with E-state index in [1.165, 1.54) is 6.07 Å². The fourth-order valence-electron chi connectivity index (χ4n) is 1.99. The summed E-state index contributed by atoms with van der Waals surface area (Å²) in [5.74, 6) is -0.199. The number of hydrogen-bond donors (Lipinski definition) is 1. The summed E-state index contributed by atoms with van der Waals surface area (Å²) in [7, 11) is 1.68. The molecule has 4 nitrogen and oxygen atoms in total. The lowest BCUT2D eigenvalue weighted by Crippen LogP contribution is -2.19. The third kappa shape index (κ3) is 4.15. The van der Waals surface area contributed by atoms with E-state index >= 15 is 0 Å². The van der Waals surface area contributed by atoms with E-state index in [1.807, 2.05) is 29.9 Å². The van der Waals surface area contributed by atoms with Crippen LogP contribution in [0, 0.1) is 12.7 Å². The monoisotopic (exact) mass is 277 g/mol. The number of methoxy groups -OCH3 is 1. The zero-order valence-corrected chi connectivity index (χ0v) is 11.9. The van der Waals surface area contributed by atoms with E-state index in [1.54, 1.807) is 13.2 Å². The number of halogens is 1. The first kappa shape index (κ1) is 14.7. The second kappa shape index (κ2) is 7.17. The number of ether oxygens (including phenoxy) is 1. The van der Waals surface area contributed by atoms with Gasteiger partial charge < -0.3 is 10.1 Å². The molecule has 0 unspecified atom stereocenters. The van der Waals surface area contributed by atoms with E-state index in [0.717, 1.165) is 29.9 Å². The zero-order chi connectivity index (χ0) is 14.4. The van der Waals surface area contributed by atoms with Gasteiger partial charge in [0.15, 0.2) is 0 Å². The predicted molar refractivity (Wildman–Crippen MR) is 76.0 cm³/mol. The molecule has 0 spiro atoms. The van der Waals surface area contributed by atoms with E-state index < -0.39 is 0 Å². The van der Waals surface area contributed by atoms with E-state index in [4.69, 9.17) is 4.74 Å². The van der Waals surface area contributed by atoms with E-state index in [9.17, 15) is 4.39 Å². The molecule has 5 heteroatoms. The fourth-order valence-corrected chi connectivity index (χ4v) is 1.99. The Morgan fingerprint density at radius 3 is 2.95 bits per heavy atom. The molecule has 0 amide bonds. The molecule has 1 N–H and O–H groups in total. The maximum Gasteiger partial charge on any atom is 0.123 e. The van der Waals surface area contributed by atoms with Crippen LogP contribution in [0.25, 0.3) is 0 Å². The number of hydrogen-bond acceptors (Lipinski definition) is 3. The average Bonchev–Trinajstić information content (AvgIpc) is 2.86. The van der Waals surface area contributed by atoms with Crippen LogP contribution in [0.3, 0.4) is 0 Å². The number of aryl methyl sites for hydroxylation is 1. The van der Waals surface area contributed by atoms with Crippen molar-refractivity contribution in [1.82, 2.24) is 15.1 Å². The summed E-state index contributed by atoms with van der Waals surface area (Å²) in [6, 6.07) is 6.83. The Kier molecular flexibility index (Phi) is 5.26. The van der Waals surface area contributed by atoms with Crippen molar-refractivity contribution in [1.29, 1.82) is 0 Å². The average molecular weight is 277 g/mol. The van der Waals surface area contributed by atoms with E-state index in [0.29, 0.717) is 13.2 Å². The summed E-state index contributed by atoms with van der Waals surface area (Å²) in [5.41, 5.74) is 3.01. The highest BCUT2D eigenvalue weighted by Gasteiger charge is 2.03. The van der Waals surface area contributed by atoms with Crippen molar-refractivity contribution in [2.45, 2.75) is 20.0 Å². The Morgan fingerprint density at radius 2 is 2.20 bits per heavy atom. The number of rotatable bonds is 7. The molecule has 20 heavy (non-hydrogen) atoms. The molecule has 1 aromatic carbocycles. The first-order chi connectivity index (χ1) is 9.69. The van der Waals surface area contributed by atoms with Crippen molar-refractivity contribution in [3.05, 3.63) is 53.1 Å². The van der Waals surface area contributed by atoms with Crippen LogP contribution in [0.15, 0.2) is 30.5 Å². The minimum Gasteiger partial charge on any atom is -0.383 e. The van der Waals surface area contributed by atoms with Crippen molar-refractivity contribution < 1.29 is 9.13 Å². The minimum absolute atomic E-state index is 0.199. The zero-order valence-electron chi connectivity index (χ0n) is 11.9. The largest absolute Gasteiger partial charge is 0.383 e. The maximum atomic E-state index is 13.1. The summed E-state index contributed by atoms with van der Waals surface area (Å²) >= 11 is 0. The first-order valence-corrected chi connectivity index (χ1v) is 6.66. The fraction of sp³-hybridized carbons (Fsp3) is 0.400. The highest BCUT2D eigenvalue weighted by molar-refractivity contribution is 5.26. The van der Waals surface area contributed by atoms with Gasteiger partial charge in [0, 0.05) is 26.4 Å². The summed E-state index contributed by atoms with van der Waals surface area (Å²) in [6.45, 7) is 4.79. The Balaban J connectivity index is 1.92. The molecule has 0 aliphatic rings. The third-order valence-electron chi connectivity index (χ3n) is 3.12. The Labute approximate surface area is 118 Å². The van der Waals surface area contributed by atoms with E-state index in [-0.39, 0.29) is 5.82 Å². The molecule has 0 fully saturated rings. The van der Waals surface area contributed by atoms with Gasteiger partial charge in [-0.3, -0.25) is 4.68 Å². The SMILES string of the molecule is COCCNCc1ccn(Cc2ccc(F)cc2C)n1. The third-order valence-corrected chi connectivity index (χ3v) is 3.12. The van der Waals surface area contributed by atoms with Crippen LogP contribution in [0.1, 0.15) is 16.8 Å². The highest BCUT2D eigenvalue weighted by atomic mass is 19.1. The van der Waals surface area contributed by atoms with Gasteiger partial charge in [-0.25, -0.2) is 4.39 Å². The topological polar surface area (TPSA) is 39.1 Å². The molecule has 0 saturated carbocycles. The summed E-state index contributed by atoms with van der Waals surface area (Å²) in [4.78, 5) is 0. The Bertz CT molecular complexity index is 554. The smallest absolute Gasteiger partial charge is 0.123 e. The van der Waals surface area contributed by atoms with Gasteiger partial charge in [-0.15, -0.1) is 0 Å². The lowest BCUT2D eigenvalue weighted by atomic mass is 10.1. The van der Waals surface area contributed by atoms with Crippen LogP contribution in [0.4, 0.5) is 4.39 Å². The molecule has 2 aromatic rings. The van der Waals surface area contributed by atoms with Gasteiger partial charge in [0.25, 0.3) is 0 Å². The van der Waals surface area contributed by atoms with Crippen LogP contribution in [0.2, 0.25) is 0 Å². The molecule has 0 aliphatic heterocycles. The number of aromatic nitrogens is 2. The molecule has 0 bridgehead atoms. The lowest BCUT2D eigenvalue weighted by molar-refractivity contribution is 0.199. The number of nitrogens with one attached hydrogen (secondary N) is 1. The van der Waals surface area contributed by atoms with Crippen molar-refractivity contribution in [2.24, 2.45) is 0 Å². The van der Waals surface area contributed by atoms with Crippen molar-refractivity contribution >= 4 is 0 Å². The van der Waals surface area contributed by atoms with Crippen LogP contribution < -0.4 is 5.32 Å². The normalized spacial score (nSPS) is 10.9. The standard InChI is InChI=1S/C15H20FN3O/c1-12-9-14(16)4-3-13(12)11-19-7-5-15(18-19)10-17-6-8-20-2/h3-5,7,9,17H,6,8,10-11H2,1-2H3. The number of benzene rings is 1. The lowest BCUT2D eigenvalue weighted by Gasteiger charge is -2.06. The van der Waals surface area contributed by atoms with Crippen LogP contribution >= 0.6 is 0 Å². The van der Waals surface area contributed by atoms with Gasteiger partial charge in [0.1, 0.15) is 5.82 Å². The van der Waals surface area contributed by atoms with Gasteiger partial charge >= 0.3 is 0 Å².